The Morgan fingerprint density at radius 2 is 1.66 bits per heavy atom. The van der Waals surface area contributed by atoms with Gasteiger partial charge in [0.1, 0.15) is 0 Å². The summed E-state index contributed by atoms with van der Waals surface area (Å²) in [7, 11) is 3.99. The van der Waals surface area contributed by atoms with Crippen molar-refractivity contribution in [2.24, 2.45) is 5.92 Å². The Hall–Kier alpha value is -4.37. The van der Waals surface area contributed by atoms with Crippen molar-refractivity contribution in [3.05, 3.63) is 89.5 Å². The summed E-state index contributed by atoms with van der Waals surface area (Å²) in [5.74, 6) is -1.03. The molecule has 1 amide bonds. The van der Waals surface area contributed by atoms with Gasteiger partial charge in [-0.15, -0.1) is 0 Å². The van der Waals surface area contributed by atoms with Crippen LogP contribution in [-0.4, -0.2) is 31.1 Å². The number of anilines is 2. The van der Waals surface area contributed by atoms with Gasteiger partial charge < -0.3 is 14.9 Å². The van der Waals surface area contributed by atoms with Gasteiger partial charge in [0, 0.05) is 37.5 Å². The van der Waals surface area contributed by atoms with E-state index >= 15 is 0 Å². The fourth-order valence-electron chi connectivity index (χ4n) is 4.95. The zero-order valence-electron chi connectivity index (χ0n) is 21.9. The Morgan fingerprint density at radius 3 is 2.32 bits per heavy atom. The molecule has 194 valence electrons. The van der Waals surface area contributed by atoms with Gasteiger partial charge in [0.15, 0.2) is 0 Å². The molecule has 0 bridgehead atoms. The number of nitrogens with zero attached hydrogens (tertiary/aromatic N) is 3. The minimum Gasteiger partial charge on any atom is -0.478 e. The van der Waals surface area contributed by atoms with Crippen molar-refractivity contribution in [1.29, 1.82) is 5.26 Å². The highest BCUT2D eigenvalue weighted by Crippen LogP contribution is 2.31. The third kappa shape index (κ3) is 6.49. The normalized spacial score (nSPS) is 13.7. The van der Waals surface area contributed by atoms with Crippen LogP contribution in [0.5, 0.6) is 0 Å². The highest BCUT2D eigenvalue weighted by atomic mass is 16.4. The number of carbonyl (C=O) groups is 2. The minimum atomic E-state index is -1.03. The first-order chi connectivity index (χ1) is 18.4. The summed E-state index contributed by atoms with van der Waals surface area (Å²) >= 11 is 0. The van der Waals surface area contributed by atoms with Gasteiger partial charge in [0.05, 0.1) is 18.2 Å². The standard InChI is InChI=1S/C32H33N3O3/c1-34(2)29-16-14-24(15-17-29)26-12-13-27(28(20-26)21-33)22-35(32(38)25-8-4-3-5-9-25)30-10-6-7-23(19-30)11-18-31(36)37/h6-7,10-20,25H,3-5,8-9,22H2,1-2H3,(H,36,37). The Labute approximate surface area is 224 Å². The summed E-state index contributed by atoms with van der Waals surface area (Å²) < 4.78 is 0. The van der Waals surface area contributed by atoms with Crippen molar-refractivity contribution in [2.75, 3.05) is 23.9 Å². The smallest absolute Gasteiger partial charge is 0.328 e. The van der Waals surface area contributed by atoms with E-state index in [1.807, 2.05) is 85.7 Å². The number of aliphatic carboxylic acids is 1. The number of rotatable bonds is 8. The number of amides is 1. The molecule has 0 radical (unpaired) electrons. The van der Waals surface area contributed by atoms with Gasteiger partial charge in [-0.05, 0) is 71.5 Å². The maximum Gasteiger partial charge on any atom is 0.328 e. The number of carbonyl (C=O) groups excluding carboxylic acids is 1. The van der Waals surface area contributed by atoms with Crippen LogP contribution in [0.15, 0.2) is 72.8 Å². The molecule has 4 rings (SSSR count). The zero-order chi connectivity index (χ0) is 27.1. The highest BCUT2D eigenvalue weighted by Gasteiger charge is 2.28. The minimum absolute atomic E-state index is 0.0521. The van der Waals surface area contributed by atoms with Gasteiger partial charge in [0.2, 0.25) is 5.91 Å². The summed E-state index contributed by atoms with van der Waals surface area (Å²) in [5.41, 5.74) is 5.76. The van der Waals surface area contributed by atoms with Gasteiger partial charge in [-0.2, -0.15) is 5.26 Å². The Kier molecular flexibility index (Phi) is 8.60. The molecule has 1 N–H and O–H groups in total. The highest BCUT2D eigenvalue weighted by molar-refractivity contribution is 5.95. The van der Waals surface area contributed by atoms with E-state index in [0.29, 0.717) is 16.8 Å². The molecule has 1 aliphatic carbocycles. The van der Waals surface area contributed by atoms with E-state index in [-0.39, 0.29) is 18.4 Å². The molecule has 0 aliphatic heterocycles. The number of carboxylic acids is 1. The predicted octanol–water partition coefficient (Wildman–Crippen LogP) is 6.50. The molecule has 1 saturated carbocycles. The van der Waals surface area contributed by atoms with Crippen LogP contribution in [0.1, 0.15) is 48.8 Å². The molecule has 1 fully saturated rings. The molecule has 0 unspecified atom stereocenters. The largest absolute Gasteiger partial charge is 0.478 e. The van der Waals surface area contributed by atoms with Crippen molar-refractivity contribution in [3.63, 3.8) is 0 Å². The number of hydrogen-bond donors (Lipinski definition) is 1. The second-order valence-electron chi connectivity index (χ2n) is 9.95. The lowest BCUT2D eigenvalue weighted by Crippen LogP contribution is -2.37. The van der Waals surface area contributed by atoms with Crippen LogP contribution in [0.3, 0.4) is 0 Å². The molecule has 3 aromatic rings. The molecule has 1 aliphatic rings. The van der Waals surface area contributed by atoms with E-state index in [9.17, 15) is 14.9 Å². The number of benzene rings is 3. The van der Waals surface area contributed by atoms with Gasteiger partial charge in [0.25, 0.3) is 0 Å². The van der Waals surface area contributed by atoms with E-state index in [2.05, 4.69) is 6.07 Å². The summed E-state index contributed by atoms with van der Waals surface area (Å²) in [4.78, 5) is 28.6. The summed E-state index contributed by atoms with van der Waals surface area (Å²) in [6.07, 6.45) is 7.56. The number of nitriles is 1. The SMILES string of the molecule is CN(C)c1ccc(-c2ccc(CN(C(=O)C3CCCCC3)c3cccc(C=CC(=O)O)c3)c(C#N)c2)cc1. The average Bonchev–Trinajstić information content (AvgIpc) is 2.95. The van der Waals surface area contributed by atoms with Crippen molar-refractivity contribution in [3.8, 4) is 17.2 Å². The van der Waals surface area contributed by atoms with Crippen LogP contribution in [0.2, 0.25) is 0 Å². The van der Waals surface area contributed by atoms with Crippen molar-refractivity contribution in [2.45, 2.75) is 38.6 Å². The topological polar surface area (TPSA) is 84.6 Å². The molecule has 6 heteroatoms. The maximum atomic E-state index is 13.8. The number of hydrogen-bond acceptors (Lipinski definition) is 4. The Morgan fingerprint density at radius 1 is 0.947 bits per heavy atom. The molecule has 0 heterocycles. The zero-order valence-corrected chi connectivity index (χ0v) is 21.9. The first-order valence-electron chi connectivity index (χ1n) is 13.0. The summed E-state index contributed by atoms with van der Waals surface area (Å²) in [6.45, 7) is 0.268. The van der Waals surface area contributed by atoms with E-state index in [1.54, 1.807) is 4.90 Å². The third-order valence-corrected chi connectivity index (χ3v) is 7.10. The van der Waals surface area contributed by atoms with E-state index < -0.39 is 5.97 Å². The fraction of sp³-hybridized carbons (Fsp3) is 0.281. The molecule has 0 aromatic heterocycles. The molecule has 0 spiro atoms. The maximum absolute atomic E-state index is 13.8. The van der Waals surface area contributed by atoms with Gasteiger partial charge in [-0.3, -0.25) is 4.79 Å². The van der Waals surface area contributed by atoms with Gasteiger partial charge in [-0.1, -0.05) is 55.7 Å². The lowest BCUT2D eigenvalue weighted by Gasteiger charge is -2.30. The molecular formula is C32H33N3O3. The molecule has 0 atom stereocenters. The fourth-order valence-corrected chi connectivity index (χ4v) is 4.95. The molecule has 6 nitrogen and oxygen atoms in total. The average molecular weight is 508 g/mol. The van der Waals surface area contributed by atoms with Gasteiger partial charge in [-0.25, -0.2) is 4.79 Å². The Bertz CT molecular complexity index is 1360. The first kappa shape index (κ1) is 26.7. The molecular weight excluding hydrogens is 474 g/mol. The van der Waals surface area contributed by atoms with E-state index in [0.717, 1.165) is 60.6 Å². The first-order valence-corrected chi connectivity index (χ1v) is 13.0. The lowest BCUT2D eigenvalue weighted by atomic mass is 9.88. The van der Waals surface area contributed by atoms with E-state index in [4.69, 9.17) is 5.11 Å². The second kappa shape index (κ2) is 12.2. The van der Waals surface area contributed by atoms with Crippen LogP contribution in [-0.2, 0) is 16.1 Å². The van der Waals surface area contributed by atoms with Crippen LogP contribution in [0, 0.1) is 17.2 Å². The Balaban J connectivity index is 1.67. The van der Waals surface area contributed by atoms with Crippen LogP contribution >= 0.6 is 0 Å². The quantitative estimate of drug-likeness (QED) is 0.352. The molecule has 3 aromatic carbocycles. The number of carboxylic acid groups (broad SMARTS) is 1. The van der Waals surface area contributed by atoms with E-state index in [1.165, 1.54) is 6.08 Å². The van der Waals surface area contributed by atoms with Crippen LogP contribution in [0.4, 0.5) is 11.4 Å². The summed E-state index contributed by atoms with van der Waals surface area (Å²) in [6, 6.07) is 23.6. The monoisotopic (exact) mass is 507 g/mol. The van der Waals surface area contributed by atoms with Gasteiger partial charge >= 0.3 is 5.97 Å². The second-order valence-corrected chi connectivity index (χ2v) is 9.95. The van der Waals surface area contributed by atoms with Crippen molar-refractivity contribution >= 4 is 29.3 Å². The lowest BCUT2D eigenvalue weighted by molar-refractivity contribution is -0.131. The molecule has 38 heavy (non-hydrogen) atoms. The van der Waals surface area contributed by atoms with Crippen LogP contribution in [0.25, 0.3) is 17.2 Å². The third-order valence-electron chi connectivity index (χ3n) is 7.10. The van der Waals surface area contributed by atoms with Crippen molar-refractivity contribution < 1.29 is 14.7 Å². The molecule has 0 saturated heterocycles. The van der Waals surface area contributed by atoms with Crippen molar-refractivity contribution in [1.82, 2.24) is 0 Å². The summed E-state index contributed by atoms with van der Waals surface area (Å²) in [5, 5.41) is 19.0. The van der Waals surface area contributed by atoms with Crippen LogP contribution < -0.4 is 9.80 Å². The predicted molar refractivity (Wildman–Crippen MR) is 152 cm³/mol.